The molecule has 4 heteroatoms. The third-order valence-electron chi connectivity index (χ3n) is 5.90. The minimum atomic E-state index is -2.85. The van der Waals surface area contributed by atoms with E-state index in [-0.39, 0.29) is 5.25 Å². The fraction of sp³-hybridized carbons (Fsp3) is 1.00. The van der Waals surface area contributed by atoms with Crippen molar-refractivity contribution in [2.75, 3.05) is 13.3 Å². The van der Waals surface area contributed by atoms with Crippen molar-refractivity contribution in [1.29, 1.82) is 0 Å². The van der Waals surface area contributed by atoms with E-state index in [1.54, 1.807) is 0 Å². The SMILES string of the molecule is CNC(C1CC2CC2C1)C1CCCC(S(C)(=O)=O)C1. The predicted molar refractivity (Wildman–Crippen MR) is 77.8 cm³/mol. The van der Waals surface area contributed by atoms with Gasteiger partial charge in [0.25, 0.3) is 0 Å². The second-order valence-electron chi connectivity index (χ2n) is 7.18. The molecule has 0 radical (unpaired) electrons. The first-order valence-electron chi connectivity index (χ1n) is 7.85. The van der Waals surface area contributed by atoms with Crippen LogP contribution in [0.3, 0.4) is 0 Å². The molecule has 0 aliphatic heterocycles. The predicted octanol–water partition coefficient (Wildman–Crippen LogP) is 2.22. The molecular weight excluding hydrogens is 258 g/mol. The van der Waals surface area contributed by atoms with Gasteiger partial charge in [-0.05, 0) is 69.2 Å². The van der Waals surface area contributed by atoms with E-state index in [1.807, 2.05) is 0 Å². The van der Waals surface area contributed by atoms with Crippen molar-refractivity contribution in [1.82, 2.24) is 5.32 Å². The number of hydrogen-bond donors (Lipinski definition) is 1. The van der Waals surface area contributed by atoms with Gasteiger partial charge in [-0.1, -0.05) is 6.42 Å². The first-order valence-corrected chi connectivity index (χ1v) is 9.80. The van der Waals surface area contributed by atoms with Gasteiger partial charge in [-0.3, -0.25) is 0 Å². The quantitative estimate of drug-likeness (QED) is 0.861. The Morgan fingerprint density at radius 3 is 2.26 bits per heavy atom. The molecule has 0 amide bonds. The number of sulfone groups is 1. The lowest BCUT2D eigenvalue weighted by molar-refractivity contribution is 0.208. The third-order valence-corrected chi connectivity index (χ3v) is 7.54. The van der Waals surface area contributed by atoms with Gasteiger partial charge in [0.1, 0.15) is 9.84 Å². The highest BCUT2D eigenvalue weighted by molar-refractivity contribution is 7.91. The maximum absolute atomic E-state index is 11.8. The van der Waals surface area contributed by atoms with Crippen molar-refractivity contribution in [2.24, 2.45) is 23.7 Å². The fourth-order valence-corrected chi connectivity index (χ4v) is 6.00. The standard InChI is InChI=1S/C15H27NO2S/c1-16-15(13-7-11-6-12(11)8-13)10-4-3-5-14(9-10)19(2,17)18/h10-16H,3-9H2,1-2H3. The number of rotatable bonds is 4. The van der Waals surface area contributed by atoms with Crippen LogP contribution in [0.25, 0.3) is 0 Å². The second-order valence-corrected chi connectivity index (χ2v) is 9.51. The topological polar surface area (TPSA) is 46.2 Å². The fourth-order valence-electron chi connectivity index (χ4n) is 4.81. The smallest absolute Gasteiger partial charge is 0.150 e. The van der Waals surface area contributed by atoms with Gasteiger partial charge in [0, 0.05) is 12.3 Å². The van der Waals surface area contributed by atoms with Crippen molar-refractivity contribution >= 4 is 9.84 Å². The van der Waals surface area contributed by atoms with Crippen LogP contribution in [-0.2, 0) is 9.84 Å². The molecule has 0 saturated heterocycles. The zero-order valence-electron chi connectivity index (χ0n) is 12.1. The molecule has 0 heterocycles. The Morgan fingerprint density at radius 2 is 1.68 bits per heavy atom. The van der Waals surface area contributed by atoms with E-state index >= 15 is 0 Å². The van der Waals surface area contributed by atoms with Crippen LogP contribution in [0.5, 0.6) is 0 Å². The average Bonchev–Trinajstić information content (AvgIpc) is 2.97. The molecule has 1 N–H and O–H groups in total. The molecule has 3 aliphatic carbocycles. The van der Waals surface area contributed by atoms with Gasteiger partial charge < -0.3 is 5.32 Å². The lowest BCUT2D eigenvalue weighted by atomic mass is 9.77. The van der Waals surface area contributed by atoms with Gasteiger partial charge in [-0.25, -0.2) is 8.42 Å². The molecule has 0 aromatic rings. The van der Waals surface area contributed by atoms with Crippen molar-refractivity contribution in [3.8, 4) is 0 Å². The van der Waals surface area contributed by atoms with Crippen molar-refractivity contribution in [2.45, 2.75) is 56.2 Å². The summed E-state index contributed by atoms with van der Waals surface area (Å²) in [6.07, 6.45) is 9.70. The van der Waals surface area contributed by atoms with Gasteiger partial charge >= 0.3 is 0 Å². The summed E-state index contributed by atoms with van der Waals surface area (Å²) < 4.78 is 23.6. The Bertz CT molecular complexity index is 423. The maximum Gasteiger partial charge on any atom is 0.150 e. The summed E-state index contributed by atoms with van der Waals surface area (Å²) >= 11 is 0. The molecule has 19 heavy (non-hydrogen) atoms. The largest absolute Gasteiger partial charge is 0.316 e. The summed E-state index contributed by atoms with van der Waals surface area (Å²) in [5.41, 5.74) is 0. The summed E-state index contributed by atoms with van der Waals surface area (Å²) in [5.74, 6) is 3.39. The summed E-state index contributed by atoms with van der Waals surface area (Å²) in [5, 5.41) is 3.45. The van der Waals surface area contributed by atoms with E-state index in [0.717, 1.165) is 37.0 Å². The summed E-state index contributed by atoms with van der Waals surface area (Å²) in [6, 6.07) is 0.553. The molecule has 0 aromatic carbocycles. The van der Waals surface area contributed by atoms with Crippen molar-refractivity contribution < 1.29 is 8.42 Å². The minimum absolute atomic E-state index is 0.0852. The second kappa shape index (κ2) is 5.03. The molecule has 0 spiro atoms. The van der Waals surface area contributed by atoms with Gasteiger partial charge in [0.15, 0.2) is 0 Å². The monoisotopic (exact) mass is 285 g/mol. The van der Waals surface area contributed by atoms with Gasteiger partial charge in [0.2, 0.25) is 0 Å². The first-order chi connectivity index (χ1) is 8.99. The number of nitrogens with one attached hydrogen (secondary N) is 1. The van der Waals surface area contributed by atoms with Crippen LogP contribution in [0.2, 0.25) is 0 Å². The van der Waals surface area contributed by atoms with Crippen LogP contribution in [0.1, 0.15) is 44.9 Å². The van der Waals surface area contributed by atoms with E-state index in [9.17, 15) is 8.42 Å². The average molecular weight is 285 g/mol. The minimum Gasteiger partial charge on any atom is -0.316 e. The zero-order valence-corrected chi connectivity index (χ0v) is 13.0. The van der Waals surface area contributed by atoms with Crippen LogP contribution in [0, 0.1) is 23.7 Å². The molecule has 3 saturated carbocycles. The molecule has 0 aromatic heterocycles. The normalized spacial score (nSPS) is 43.8. The van der Waals surface area contributed by atoms with E-state index in [1.165, 1.54) is 31.9 Å². The van der Waals surface area contributed by atoms with Crippen LogP contribution in [0.15, 0.2) is 0 Å². The summed E-state index contributed by atoms with van der Waals surface area (Å²) in [7, 11) is -0.786. The molecule has 5 atom stereocenters. The highest BCUT2D eigenvalue weighted by Crippen LogP contribution is 2.56. The Hall–Kier alpha value is -0.0900. The van der Waals surface area contributed by atoms with Gasteiger partial charge in [-0.2, -0.15) is 0 Å². The van der Waals surface area contributed by atoms with E-state index in [4.69, 9.17) is 0 Å². The van der Waals surface area contributed by atoms with E-state index in [2.05, 4.69) is 12.4 Å². The molecule has 3 fully saturated rings. The van der Waals surface area contributed by atoms with Crippen molar-refractivity contribution in [3.63, 3.8) is 0 Å². The zero-order chi connectivity index (χ0) is 13.6. The molecule has 110 valence electrons. The lowest BCUT2D eigenvalue weighted by Crippen LogP contribution is -2.43. The first kappa shape index (κ1) is 13.9. The van der Waals surface area contributed by atoms with Crippen molar-refractivity contribution in [3.05, 3.63) is 0 Å². The highest BCUT2D eigenvalue weighted by atomic mass is 32.2. The Balaban J connectivity index is 1.65. The summed E-state index contributed by atoms with van der Waals surface area (Å²) in [4.78, 5) is 0. The third kappa shape index (κ3) is 2.85. The number of fused-ring (bicyclic) bond motifs is 1. The van der Waals surface area contributed by atoms with Crippen LogP contribution >= 0.6 is 0 Å². The molecule has 0 bridgehead atoms. The highest BCUT2D eigenvalue weighted by Gasteiger charge is 2.49. The molecule has 5 unspecified atom stereocenters. The lowest BCUT2D eigenvalue weighted by Gasteiger charge is -2.37. The molecule has 3 aliphatic rings. The molecule has 3 rings (SSSR count). The van der Waals surface area contributed by atoms with Crippen LogP contribution in [0.4, 0.5) is 0 Å². The van der Waals surface area contributed by atoms with E-state index < -0.39 is 9.84 Å². The Morgan fingerprint density at radius 1 is 1.00 bits per heavy atom. The van der Waals surface area contributed by atoms with E-state index in [0.29, 0.717) is 12.0 Å². The maximum atomic E-state index is 11.8. The van der Waals surface area contributed by atoms with Crippen LogP contribution in [-0.4, -0.2) is 33.0 Å². The van der Waals surface area contributed by atoms with Gasteiger partial charge in [-0.15, -0.1) is 0 Å². The molecule has 3 nitrogen and oxygen atoms in total. The Kier molecular flexibility index (Phi) is 3.67. The molecular formula is C15H27NO2S. The van der Waals surface area contributed by atoms with Gasteiger partial charge in [0.05, 0.1) is 5.25 Å². The number of hydrogen-bond acceptors (Lipinski definition) is 3. The van der Waals surface area contributed by atoms with Crippen LogP contribution < -0.4 is 5.32 Å². The Labute approximate surface area is 117 Å². The summed E-state index contributed by atoms with van der Waals surface area (Å²) in [6.45, 7) is 0.